The van der Waals surface area contributed by atoms with Gasteiger partial charge in [-0.25, -0.2) is 8.78 Å². The van der Waals surface area contributed by atoms with Crippen LogP contribution in [0.1, 0.15) is 33.6 Å². The maximum absolute atomic E-state index is 13.4. The van der Waals surface area contributed by atoms with Gasteiger partial charge in [-0.05, 0) is 36.4 Å². The molecule has 2 aromatic carbocycles. The highest BCUT2D eigenvalue weighted by Crippen LogP contribution is 2.07. The lowest BCUT2D eigenvalue weighted by atomic mass is 10.1. The van der Waals surface area contributed by atoms with Gasteiger partial charge in [0.2, 0.25) is 5.91 Å². The maximum atomic E-state index is 13.4. The molecule has 0 radical (unpaired) electrons. The molecule has 0 atom stereocenters. The number of hydrogen-bond donors (Lipinski definition) is 2. The molecule has 2 amide bonds. The molecule has 0 aliphatic rings. The third kappa shape index (κ3) is 4.70. The summed E-state index contributed by atoms with van der Waals surface area (Å²) in [7, 11) is 0. The zero-order valence-electron chi connectivity index (χ0n) is 12.5. The maximum Gasteiger partial charge on any atom is 0.272 e. The third-order valence-corrected chi connectivity index (χ3v) is 3.18. The van der Waals surface area contributed by atoms with Crippen LogP contribution in [-0.4, -0.2) is 17.6 Å². The highest BCUT2D eigenvalue weighted by atomic mass is 19.1. The van der Waals surface area contributed by atoms with Gasteiger partial charge in [-0.1, -0.05) is 12.1 Å². The first-order chi connectivity index (χ1) is 11.5. The Labute approximate surface area is 136 Å². The van der Waals surface area contributed by atoms with Gasteiger partial charge in [0.15, 0.2) is 5.78 Å². The molecule has 0 saturated heterocycles. The first-order valence-electron chi connectivity index (χ1n) is 7.10. The SMILES string of the molecule is O=C(CCC(=O)c1ccc(F)cc1)NNC(=O)c1ccccc1F. The van der Waals surface area contributed by atoms with Crippen LogP contribution in [0.4, 0.5) is 8.78 Å². The molecular formula is C17H14F2N2O3. The van der Waals surface area contributed by atoms with Crippen LogP contribution in [-0.2, 0) is 4.79 Å². The molecule has 0 aromatic heterocycles. The summed E-state index contributed by atoms with van der Waals surface area (Å²) in [5.74, 6) is -2.90. The van der Waals surface area contributed by atoms with Crippen LogP contribution in [0.2, 0.25) is 0 Å². The average molecular weight is 332 g/mol. The first-order valence-corrected chi connectivity index (χ1v) is 7.10. The molecule has 0 aliphatic heterocycles. The molecule has 0 heterocycles. The molecule has 7 heteroatoms. The minimum Gasteiger partial charge on any atom is -0.294 e. The number of carbonyl (C=O) groups excluding carboxylic acids is 3. The second-order valence-electron chi connectivity index (χ2n) is 4.91. The molecule has 2 aromatic rings. The second-order valence-corrected chi connectivity index (χ2v) is 4.91. The standard InChI is InChI=1S/C17H14F2N2O3/c18-12-7-5-11(6-8-12)15(22)9-10-16(23)20-21-17(24)13-3-1-2-4-14(13)19/h1-8H,9-10H2,(H,20,23)(H,21,24). The van der Waals surface area contributed by atoms with Gasteiger partial charge in [-0.3, -0.25) is 25.2 Å². The summed E-state index contributed by atoms with van der Waals surface area (Å²) in [6.07, 6.45) is -0.277. The van der Waals surface area contributed by atoms with Crippen molar-refractivity contribution in [1.29, 1.82) is 0 Å². The fourth-order valence-electron chi connectivity index (χ4n) is 1.91. The number of hydrazine groups is 1. The number of ketones is 1. The molecule has 24 heavy (non-hydrogen) atoms. The van der Waals surface area contributed by atoms with E-state index in [1.54, 1.807) is 0 Å². The minimum absolute atomic E-state index is 0.104. The number of halogens is 2. The number of hydrogen-bond acceptors (Lipinski definition) is 3. The number of nitrogens with one attached hydrogen (secondary N) is 2. The fourth-order valence-corrected chi connectivity index (χ4v) is 1.91. The van der Waals surface area contributed by atoms with Gasteiger partial charge in [0.05, 0.1) is 5.56 Å². The predicted octanol–water partition coefficient (Wildman–Crippen LogP) is 2.39. The Morgan fingerprint density at radius 2 is 1.50 bits per heavy atom. The molecule has 0 spiro atoms. The van der Waals surface area contributed by atoms with Crippen molar-refractivity contribution < 1.29 is 23.2 Å². The van der Waals surface area contributed by atoms with Crippen molar-refractivity contribution in [1.82, 2.24) is 10.9 Å². The van der Waals surface area contributed by atoms with Crippen molar-refractivity contribution in [2.45, 2.75) is 12.8 Å². The Morgan fingerprint density at radius 1 is 0.833 bits per heavy atom. The van der Waals surface area contributed by atoms with E-state index >= 15 is 0 Å². The van der Waals surface area contributed by atoms with Crippen LogP contribution in [0.25, 0.3) is 0 Å². The summed E-state index contributed by atoms with van der Waals surface area (Å²) in [5, 5.41) is 0. The zero-order valence-corrected chi connectivity index (χ0v) is 12.5. The van der Waals surface area contributed by atoms with Crippen LogP contribution < -0.4 is 10.9 Å². The van der Waals surface area contributed by atoms with E-state index < -0.39 is 23.4 Å². The highest BCUT2D eigenvalue weighted by molar-refractivity contribution is 5.98. The van der Waals surface area contributed by atoms with Crippen molar-refractivity contribution in [3.8, 4) is 0 Å². The Balaban J connectivity index is 1.79. The minimum atomic E-state index is -0.800. The molecule has 0 aliphatic carbocycles. The number of rotatable bonds is 5. The van der Waals surface area contributed by atoms with Crippen LogP contribution in [0, 0.1) is 11.6 Å². The van der Waals surface area contributed by atoms with Gasteiger partial charge in [0, 0.05) is 18.4 Å². The van der Waals surface area contributed by atoms with E-state index in [1.807, 2.05) is 0 Å². The molecule has 0 fully saturated rings. The fraction of sp³-hybridized carbons (Fsp3) is 0.118. The van der Waals surface area contributed by atoms with Gasteiger partial charge >= 0.3 is 0 Å². The molecule has 0 unspecified atom stereocenters. The first kappa shape index (κ1) is 17.3. The van der Waals surface area contributed by atoms with E-state index in [4.69, 9.17) is 0 Å². The van der Waals surface area contributed by atoms with Crippen LogP contribution in [0.5, 0.6) is 0 Å². The van der Waals surface area contributed by atoms with Crippen molar-refractivity contribution >= 4 is 17.6 Å². The molecule has 2 rings (SSSR count). The van der Waals surface area contributed by atoms with Crippen molar-refractivity contribution in [3.05, 3.63) is 71.3 Å². The van der Waals surface area contributed by atoms with Crippen molar-refractivity contribution in [2.24, 2.45) is 0 Å². The largest absolute Gasteiger partial charge is 0.294 e. The highest BCUT2D eigenvalue weighted by Gasteiger charge is 2.13. The molecular weight excluding hydrogens is 318 g/mol. The monoisotopic (exact) mass is 332 g/mol. The van der Waals surface area contributed by atoms with Gasteiger partial charge in [0.25, 0.3) is 5.91 Å². The van der Waals surface area contributed by atoms with Gasteiger partial charge in [-0.2, -0.15) is 0 Å². The predicted molar refractivity (Wildman–Crippen MR) is 82.0 cm³/mol. The number of carbonyl (C=O) groups is 3. The summed E-state index contributed by atoms with van der Waals surface area (Å²) < 4.78 is 26.2. The van der Waals surface area contributed by atoms with Crippen LogP contribution in [0.3, 0.4) is 0 Å². The Kier molecular flexibility index (Phi) is 5.73. The van der Waals surface area contributed by atoms with Crippen molar-refractivity contribution in [3.63, 3.8) is 0 Å². The molecule has 0 saturated carbocycles. The van der Waals surface area contributed by atoms with Gasteiger partial charge in [0.1, 0.15) is 11.6 Å². The quantitative estimate of drug-likeness (QED) is 0.652. The Morgan fingerprint density at radius 3 is 2.17 bits per heavy atom. The topological polar surface area (TPSA) is 75.3 Å². The lowest BCUT2D eigenvalue weighted by molar-refractivity contribution is -0.121. The summed E-state index contributed by atoms with van der Waals surface area (Å²) in [6, 6.07) is 10.3. The smallest absolute Gasteiger partial charge is 0.272 e. The molecule has 124 valence electrons. The van der Waals surface area contributed by atoms with E-state index in [2.05, 4.69) is 10.9 Å². The second kappa shape index (κ2) is 7.96. The Hall–Kier alpha value is -3.09. The summed E-state index contributed by atoms with van der Waals surface area (Å²) in [5.41, 5.74) is 4.26. The van der Waals surface area contributed by atoms with Crippen molar-refractivity contribution in [2.75, 3.05) is 0 Å². The van der Waals surface area contributed by atoms with E-state index in [1.165, 1.54) is 30.3 Å². The number of Topliss-reactive ketones (excluding diaryl/α,β-unsaturated/α-hetero) is 1. The number of amides is 2. The lowest BCUT2D eigenvalue weighted by Gasteiger charge is -2.07. The van der Waals surface area contributed by atoms with Crippen LogP contribution in [0.15, 0.2) is 48.5 Å². The Bertz CT molecular complexity index is 761. The molecule has 5 nitrogen and oxygen atoms in total. The van der Waals surface area contributed by atoms with E-state index in [0.29, 0.717) is 5.56 Å². The average Bonchev–Trinajstić information content (AvgIpc) is 2.58. The number of benzene rings is 2. The summed E-state index contributed by atoms with van der Waals surface area (Å²) in [6.45, 7) is 0. The third-order valence-electron chi connectivity index (χ3n) is 3.18. The van der Waals surface area contributed by atoms with Crippen LogP contribution >= 0.6 is 0 Å². The van der Waals surface area contributed by atoms with Gasteiger partial charge in [-0.15, -0.1) is 0 Å². The summed E-state index contributed by atoms with van der Waals surface area (Å²) >= 11 is 0. The van der Waals surface area contributed by atoms with E-state index in [9.17, 15) is 23.2 Å². The molecule has 2 N–H and O–H groups in total. The normalized spacial score (nSPS) is 10.1. The van der Waals surface area contributed by atoms with E-state index in [-0.39, 0.29) is 24.2 Å². The zero-order chi connectivity index (χ0) is 17.5. The van der Waals surface area contributed by atoms with E-state index in [0.717, 1.165) is 18.2 Å². The van der Waals surface area contributed by atoms with Gasteiger partial charge < -0.3 is 0 Å². The lowest BCUT2D eigenvalue weighted by Crippen LogP contribution is -2.42. The molecule has 0 bridgehead atoms. The summed E-state index contributed by atoms with van der Waals surface area (Å²) in [4.78, 5) is 35.1.